The zero-order valence-corrected chi connectivity index (χ0v) is 13.1. The molecule has 0 radical (unpaired) electrons. The SMILES string of the molecule is CC(N)C(Oc1cccc(Cl)c1Cl)c1ccc(Cl)cc1. The Hall–Kier alpha value is -0.930. The van der Waals surface area contributed by atoms with Crippen LogP contribution in [-0.4, -0.2) is 6.04 Å². The number of halogens is 3. The molecule has 0 saturated carbocycles. The topological polar surface area (TPSA) is 35.2 Å². The summed E-state index contributed by atoms with van der Waals surface area (Å²) in [6.07, 6.45) is -0.330. The number of hydrogen-bond acceptors (Lipinski definition) is 2. The van der Waals surface area contributed by atoms with Crippen molar-refractivity contribution in [3.8, 4) is 5.75 Å². The van der Waals surface area contributed by atoms with Crippen molar-refractivity contribution in [3.63, 3.8) is 0 Å². The lowest BCUT2D eigenvalue weighted by atomic mass is 10.0. The third-order valence-electron chi connectivity index (χ3n) is 2.85. The van der Waals surface area contributed by atoms with E-state index in [2.05, 4.69) is 0 Å². The lowest BCUT2D eigenvalue weighted by molar-refractivity contribution is 0.180. The summed E-state index contributed by atoms with van der Waals surface area (Å²) in [6.45, 7) is 1.87. The van der Waals surface area contributed by atoms with Crippen LogP contribution < -0.4 is 10.5 Å². The zero-order valence-electron chi connectivity index (χ0n) is 10.8. The van der Waals surface area contributed by atoms with Gasteiger partial charge >= 0.3 is 0 Å². The van der Waals surface area contributed by atoms with Gasteiger partial charge in [-0.25, -0.2) is 0 Å². The molecule has 2 N–H and O–H groups in total. The van der Waals surface area contributed by atoms with Crippen molar-refractivity contribution in [2.45, 2.75) is 19.1 Å². The summed E-state index contributed by atoms with van der Waals surface area (Å²) in [5, 5.41) is 1.50. The molecule has 0 amide bonds. The fraction of sp³-hybridized carbons (Fsp3) is 0.200. The van der Waals surface area contributed by atoms with Crippen molar-refractivity contribution in [1.29, 1.82) is 0 Å². The van der Waals surface area contributed by atoms with Gasteiger partial charge in [-0.15, -0.1) is 0 Å². The molecular weight excluding hydrogens is 317 g/mol. The van der Waals surface area contributed by atoms with Gasteiger partial charge in [-0.2, -0.15) is 0 Å². The minimum atomic E-state index is -0.330. The van der Waals surface area contributed by atoms with E-state index in [1.54, 1.807) is 30.3 Å². The Kier molecular flexibility index (Phi) is 5.17. The molecule has 0 aliphatic carbocycles. The normalized spacial score (nSPS) is 13.8. The molecule has 0 aliphatic rings. The Bertz CT molecular complexity index is 584. The van der Waals surface area contributed by atoms with Gasteiger partial charge in [0.15, 0.2) is 0 Å². The fourth-order valence-corrected chi connectivity index (χ4v) is 2.31. The van der Waals surface area contributed by atoms with E-state index >= 15 is 0 Å². The van der Waals surface area contributed by atoms with Crippen LogP contribution in [0.2, 0.25) is 15.1 Å². The third kappa shape index (κ3) is 3.58. The van der Waals surface area contributed by atoms with Gasteiger partial charge in [-0.05, 0) is 36.8 Å². The van der Waals surface area contributed by atoms with E-state index in [0.717, 1.165) is 5.56 Å². The molecule has 0 aromatic heterocycles. The fourth-order valence-electron chi connectivity index (χ4n) is 1.84. The highest BCUT2D eigenvalue weighted by molar-refractivity contribution is 6.42. The van der Waals surface area contributed by atoms with Crippen LogP contribution in [0.4, 0.5) is 0 Å². The molecule has 2 unspecified atom stereocenters. The van der Waals surface area contributed by atoms with Crippen LogP contribution in [0.25, 0.3) is 0 Å². The number of benzene rings is 2. The largest absolute Gasteiger partial charge is 0.482 e. The van der Waals surface area contributed by atoms with Gasteiger partial charge in [0.1, 0.15) is 16.9 Å². The molecule has 20 heavy (non-hydrogen) atoms. The molecular formula is C15H14Cl3NO. The predicted octanol–water partition coefficient (Wildman–Crippen LogP) is 5.11. The zero-order chi connectivity index (χ0) is 14.7. The van der Waals surface area contributed by atoms with Gasteiger partial charge in [-0.3, -0.25) is 0 Å². The molecule has 2 nitrogen and oxygen atoms in total. The monoisotopic (exact) mass is 329 g/mol. The second kappa shape index (κ2) is 6.68. The average Bonchev–Trinajstić information content (AvgIpc) is 2.41. The first-order chi connectivity index (χ1) is 9.49. The molecule has 0 heterocycles. The van der Waals surface area contributed by atoms with Gasteiger partial charge < -0.3 is 10.5 Å². The second-order valence-corrected chi connectivity index (χ2v) is 5.72. The molecule has 5 heteroatoms. The van der Waals surface area contributed by atoms with Crippen molar-refractivity contribution in [3.05, 3.63) is 63.1 Å². The number of ether oxygens (including phenoxy) is 1. The van der Waals surface area contributed by atoms with E-state index in [4.69, 9.17) is 45.3 Å². The Balaban J connectivity index is 2.30. The predicted molar refractivity (Wildman–Crippen MR) is 84.9 cm³/mol. The lowest BCUT2D eigenvalue weighted by Gasteiger charge is -2.23. The first-order valence-electron chi connectivity index (χ1n) is 6.10. The van der Waals surface area contributed by atoms with Gasteiger partial charge in [0, 0.05) is 11.1 Å². The van der Waals surface area contributed by atoms with Gasteiger partial charge in [0.05, 0.1) is 5.02 Å². The Morgan fingerprint density at radius 3 is 2.25 bits per heavy atom. The third-order valence-corrected chi connectivity index (χ3v) is 3.90. The standard InChI is InChI=1S/C15H14Cl3NO/c1-9(19)15(10-5-7-11(16)8-6-10)20-13-4-2-3-12(17)14(13)18/h2-9,15H,19H2,1H3. The van der Waals surface area contributed by atoms with Crippen LogP contribution in [0.5, 0.6) is 5.75 Å². The highest BCUT2D eigenvalue weighted by Crippen LogP contribution is 2.35. The molecule has 0 fully saturated rings. The smallest absolute Gasteiger partial charge is 0.140 e. The van der Waals surface area contributed by atoms with Gasteiger partial charge in [0.25, 0.3) is 0 Å². The minimum Gasteiger partial charge on any atom is -0.482 e. The highest BCUT2D eigenvalue weighted by Gasteiger charge is 2.20. The van der Waals surface area contributed by atoms with E-state index in [9.17, 15) is 0 Å². The molecule has 2 aromatic rings. The first-order valence-corrected chi connectivity index (χ1v) is 7.24. The number of hydrogen-bond donors (Lipinski definition) is 1. The number of nitrogens with two attached hydrogens (primary N) is 1. The molecule has 0 bridgehead atoms. The Labute approximate surface area is 133 Å². The maximum absolute atomic E-state index is 6.14. The van der Waals surface area contributed by atoms with E-state index in [0.29, 0.717) is 20.8 Å². The summed E-state index contributed by atoms with van der Waals surface area (Å²) in [6, 6.07) is 12.4. The van der Waals surface area contributed by atoms with E-state index in [-0.39, 0.29) is 12.1 Å². The molecule has 0 saturated heterocycles. The summed E-state index contributed by atoms with van der Waals surface area (Å²) >= 11 is 18.0. The summed E-state index contributed by atoms with van der Waals surface area (Å²) < 4.78 is 5.93. The summed E-state index contributed by atoms with van der Waals surface area (Å²) in [5.74, 6) is 0.511. The summed E-state index contributed by atoms with van der Waals surface area (Å²) in [5.41, 5.74) is 6.94. The Morgan fingerprint density at radius 2 is 1.65 bits per heavy atom. The van der Waals surface area contributed by atoms with Crippen LogP contribution in [0, 0.1) is 0 Å². The quantitative estimate of drug-likeness (QED) is 0.845. The molecule has 0 aliphatic heterocycles. The summed E-state index contributed by atoms with van der Waals surface area (Å²) in [7, 11) is 0. The molecule has 0 spiro atoms. The van der Waals surface area contributed by atoms with Crippen molar-refractivity contribution >= 4 is 34.8 Å². The highest BCUT2D eigenvalue weighted by atomic mass is 35.5. The van der Waals surface area contributed by atoms with E-state index in [1.165, 1.54) is 0 Å². The Morgan fingerprint density at radius 1 is 1.00 bits per heavy atom. The minimum absolute atomic E-state index is 0.216. The lowest BCUT2D eigenvalue weighted by Crippen LogP contribution is -2.29. The molecule has 2 atom stereocenters. The van der Waals surface area contributed by atoms with Crippen LogP contribution in [0.3, 0.4) is 0 Å². The van der Waals surface area contributed by atoms with Gasteiger partial charge in [-0.1, -0.05) is 53.0 Å². The van der Waals surface area contributed by atoms with Crippen molar-refractivity contribution in [2.24, 2.45) is 5.73 Å². The van der Waals surface area contributed by atoms with Crippen LogP contribution in [-0.2, 0) is 0 Å². The molecule has 2 aromatic carbocycles. The molecule has 106 valence electrons. The van der Waals surface area contributed by atoms with Crippen LogP contribution in [0.1, 0.15) is 18.6 Å². The summed E-state index contributed by atoms with van der Waals surface area (Å²) in [4.78, 5) is 0. The van der Waals surface area contributed by atoms with Crippen molar-refractivity contribution in [2.75, 3.05) is 0 Å². The van der Waals surface area contributed by atoms with E-state index < -0.39 is 0 Å². The maximum Gasteiger partial charge on any atom is 0.140 e. The van der Waals surface area contributed by atoms with E-state index in [1.807, 2.05) is 19.1 Å². The van der Waals surface area contributed by atoms with Crippen LogP contribution in [0.15, 0.2) is 42.5 Å². The van der Waals surface area contributed by atoms with Gasteiger partial charge in [0.2, 0.25) is 0 Å². The van der Waals surface area contributed by atoms with Crippen LogP contribution >= 0.6 is 34.8 Å². The van der Waals surface area contributed by atoms with Crippen molar-refractivity contribution < 1.29 is 4.74 Å². The average molecular weight is 331 g/mol. The first kappa shape index (κ1) is 15.5. The number of rotatable bonds is 4. The molecule has 2 rings (SSSR count). The van der Waals surface area contributed by atoms with Crippen molar-refractivity contribution in [1.82, 2.24) is 0 Å². The second-order valence-electron chi connectivity index (χ2n) is 4.50. The maximum atomic E-state index is 6.14.